The zero-order valence-electron chi connectivity index (χ0n) is 9.67. The van der Waals surface area contributed by atoms with Gasteiger partial charge < -0.3 is 15.4 Å². The van der Waals surface area contributed by atoms with Crippen LogP contribution >= 0.6 is 0 Å². The number of ether oxygens (including phenoxy) is 1. The lowest BCUT2D eigenvalue weighted by molar-refractivity contribution is 0.150. The molecule has 5 heteroatoms. The smallest absolute Gasteiger partial charge is 0.179 e. The lowest BCUT2D eigenvalue weighted by Crippen LogP contribution is -2.39. The Kier molecular flexibility index (Phi) is 3.66. The number of likely N-dealkylation sites (tertiary alicyclic amines) is 1. The van der Waals surface area contributed by atoms with Gasteiger partial charge in [-0.2, -0.15) is 5.26 Å². The molecule has 2 rings (SSSR count). The van der Waals surface area contributed by atoms with Gasteiger partial charge >= 0.3 is 0 Å². The first kappa shape index (κ1) is 11.5. The molecule has 90 valence electrons. The second-order valence-electron chi connectivity index (χ2n) is 4.17. The van der Waals surface area contributed by atoms with E-state index in [1.165, 1.54) is 0 Å². The molecule has 0 aromatic carbocycles. The molecule has 1 atom stereocenters. The molecule has 17 heavy (non-hydrogen) atoms. The Morgan fingerprint density at radius 1 is 1.59 bits per heavy atom. The van der Waals surface area contributed by atoms with Gasteiger partial charge in [-0.05, 0) is 25.3 Å². The van der Waals surface area contributed by atoms with Crippen LogP contribution in [-0.4, -0.2) is 29.1 Å². The van der Waals surface area contributed by atoms with Gasteiger partial charge in [-0.25, -0.2) is 4.98 Å². The Morgan fingerprint density at radius 3 is 3.24 bits per heavy atom. The van der Waals surface area contributed by atoms with E-state index in [9.17, 15) is 0 Å². The molecule has 0 radical (unpaired) electrons. The van der Waals surface area contributed by atoms with Crippen LogP contribution in [0.2, 0.25) is 0 Å². The SMILES string of the molecule is N#CN1CCCCC1COc1ccnc(N)c1. The topological polar surface area (TPSA) is 75.2 Å². The molecule has 1 unspecified atom stereocenters. The average Bonchev–Trinajstić information content (AvgIpc) is 2.37. The molecule has 0 aliphatic carbocycles. The number of nitrogens with two attached hydrogens (primary N) is 1. The summed E-state index contributed by atoms with van der Waals surface area (Å²) in [5.74, 6) is 1.16. The fraction of sp³-hybridized carbons (Fsp3) is 0.500. The number of nitrogen functional groups attached to an aromatic ring is 1. The predicted molar refractivity (Wildman–Crippen MR) is 64.1 cm³/mol. The third kappa shape index (κ3) is 3.00. The Morgan fingerprint density at radius 2 is 2.47 bits per heavy atom. The number of hydrogen-bond donors (Lipinski definition) is 1. The molecule has 0 amide bonds. The highest BCUT2D eigenvalue weighted by atomic mass is 16.5. The van der Waals surface area contributed by atoms with E-state index in [2.05, 4.69) is 11.2 Å². The van der Waals surface area contributed by atoms with E-state index >= 15 is 0 Å². The van der Waals surface area contributed by atoms with Crippen molar-refractivity contribution in [1.29, 1.82) is 5.26 Å². The van der Waals surface area contributed by atoms with Gasteiger partial charge in [0.05, 0.1) is 6.04 Å². The first-order chi connectivity index (χ1) is 8.29. The van der Waals surface area contributed by atoms with Gasteiger partial charge in [0.25, 0.3) is 0 Å². The van der Waals surface area contributed by atoms with Crippen LogP contribution in [0, 0.1) is 11.5 Å². The summed E-state index contributed by atoms with van der Waals surface area (Å²) in [5, 5.41) is 8.99. The Bertz CT molecular complexity index is 415. The highest BCUT2D eigenvalue weighted by Gasteiger charge is 2.21. The molecular weight excluding hydrogens is 216 g/mol. The van der Waals surface area contributed by atoms with Crippen molar-refractivity contribution < 1.29 is 4.74 Å². The van der Waals surface area contributed by atoms with Crippen LogP contribution in [0.5, 0.6) is 5.75 Å². The van der Waals surface area contributed by atoms with Crippen molar-refractivity contribution in [2.75, 3.05) is 18.9 Å². The number of rotatable bonds is 3. The number of aromatic nitrogens is 1. The summed E-state index contributed by atoms with van der Waals surface area (Å²) >= 11 is 0. The van der Waals surface area contributed by atoms with Crippen LogP contribution in [0.1, 0.15) is 19.3 Å². The first-order valence-corrected chi connectivity index (χ1v) is 5.80. The van der Waals surface area contributed by atoms with Gasteiger partial charge in [0.15, 0.2) is 6.19 Å². The Hall–Kier alpha value is -1.96. The van der Waals surface area contributed by atoms with Crippen LogP contribution in [0.15, 0.2) is 18.3 Å². The summed E-state index contributed by atoms with van der Waals surface area (Å²) in [5.41, 5.74) is 5.57. The van der Waals surface area contributed by atoms with Crippen LogP contribution in [0.25, 0.3) is 0 Å². The molecule has 1 saturated heterocycles. The third-order valence-corrected chi connectivity index (χ3v) is 2.95. The number of pyridine rings is 1. The number of hydrogen-bond acceptors (Lipinski definition) is 5. The monoisotopic (exact) mass is 232 g/mol. The van der Waals surface area contributed by atoms with E-state index in [1.807, 2.05) is 0 Å². The van der Waals surface area contributed by atoms with Crippen molar-refractivity contribution in [2.24, 2.45) is 0 Å². The quantitative estimate of drug-likeness (QED) is 0.797. The maximum absolute atomic E-state index is 8.99. The summed E-state index contributed by atoms with van der Waals surface area (Å²) in [6.45, 7) is 1.36. The molecule has 0 spiro atoms. The van der Waals surface area contributed by atoms with Gasteiger partial charge in [-0.15, -0.1) is 0 Å². The molecule has 1 aliphatic heterocycles. The highest BCUT2D eigenvalue weighted by molar-refractivity contribution is 5.35. The summed E-state index contributed by atoms with van der Waals surface area (Å²) in [4.78, 5) is 5.70. The average molecular weight is 232 g/mol. The van der Waals surface area contributed by atoms with Crippen molar-refractivity contribution in [3.63, 3.8) is 0 Å². The van der Waals surface area contributed by atoms with E-state index in [0.717, 1.165) is 25.8 Å². The van der Waals surface area contributed by atoms with Crippen molar-refractivity contribution >= 4 is 5.82 Å². The first-order valence-electron chi connectivity index (χ1n) is 5.80. The van der Waals surface area contributed by atoms with Crippen molar-refractivity contribution in [3.8, 4) is 11.9 Å². The molecule has 1 fully saturated rings. The Balaban J connectivity index is 1.91. The Labute approximate surface area is 101 Å². The highest BCUT2D eigenvalue weighted by Crippen LogP contribution is 2.18. The van der Waals surface area contributed by atoms with Crippen LogP contribution in [-0.2, 0) is 0 Å². The van der Waals surface area contributed by atoms with E-state index in [4.69, 9.17) is 15.7 Å². The van der Waals surface area contributed by atoms with E-state index < -0.39 is 0 Å². The summed E-state index contributed by atoms with van der Waals surface area (Å²) in [6, 6.07) is 3.65. The number of anilines is 1. The maximum Gasteiger partial charge on any atom is 0.179 e. The van der Waals surface area contributed by atoms with Crippen LogP contribution in [0.3, 0.4) is 0 Å². The fourth-order valence-electron chi connectivity index (χ4n) is 2.02. The zero-order chi connectivity index (χ0) is 12.1. The standard InChI is InChI=1S/C12H16N4O/c13-9-16-6-2-1-3-10(16)8-17-11-4-5-15-12(14)7-11/h4-5,7,10H,1-3,6,8H2,(H2,14,15). The molecular formula is C12H16N4O. The molecule has 1 aromatic rings. The molecule has 2 N–H and O–H groups in total. The summed E-state index contributed by atoms with van der Waals surface area (Å²) in [7, 11) is 0. The molecule has 2 heterocycles. The third-order valence-electron chi connectivity index (χ3n) is 2.95. The van der Waals surface area contributed by atoms with Gasteiger partial charge in [0.1, 0.15) is 18.2 Å². The summed E-state index contributed by atoms with van der Waals surface area (Å²) < 4.78 is 5.65. The minimum Gasteiger partial charge on any atom is -0.491 e. The molecule has 5 nitrogen and oxygen atoms in total. The normalized spacial score (nSPS) is 19.7. The minimum absolute atomic E-state index is 0.183. The van der Waals surface area contributed by atoms with Gasteiger partial charge in [-0.3, -0.25) is 0 Å². The number of nitriles is 1. The zero-order valence-corrected chi connectivity index (χ0v) is 9.67. The van der Waals surface area contributed by atoms with E-state index in [-0.39, 0.29) is 6.04 Å². The molecule has 0 saturated carbocycles. The van der Waals surface area contributed by atoms with E-state index in [1.54, 1.807) is 23.2 Å². The largest absolute Gasteiger partial charge is 0.491 e. The molecule has 1 aromatic heterocycles. The predicted octanol–water partition coefficient (Wildman–Crippen LogP) is 1.38. The van der Waals surface area contributed by atoms with Gasteiger partial charge in [0, 0.05) is 18.8 Å². The molecule has 1 aliphatic rings. The lowest BCUT2D eigenvalue weighted by Gasteiger charge is -2.30. The van der Waals surface area contributed by atoms with Crippen molar-refractivity contribution in [3.05, 3.63) is 18.3 Å². The second-order valence-corrected chi connectivity index (χ2v) is 4.17. The maximum atomic E-state index is 8.99. The summed E-state index contributed by atoms with van der Waals surface area (Å²) in [6.07, 6.45) is 7.09. The van der Waals surface area contributed by atoms with Crippen LogP contribution in [0.4, 0.5) is 5.82 Å². The van der Waals surface area contributed by atoms with Gasteiger partial charge in [-0.1, -0.05) is 0 Å². The van der Waals surface area contributed by atoms with Gasteiger partial charge in [0.2, 0.25) is 0 Å². The molecule has 0 bridgehead atoms. The van der Waals surface area contributed by atoms with Crippen molar-refractivity contribution in [2.45, 2.75) is 25.3 Å². The van der Waals surface area contributed by atoms with E-state index in [0.29, 0.717) is 18.2 Å². The second kappa shape index (κ2) is 5.39. The minimum atomic E-state index is 0.183. The van der Waals surface area contributed by atoms with Crippen molar-refractivity contribution in [1.82, 2.24) is 9.88 Å². The fourth-order valence-corrected chi connectivity index (χ4v) is 2.02. The lowest BCUT2D eigenvalue weighted by atomic mass is 10.0. The number of nitrogens with zero attached hydrogens (tertiary/aromatic N) is 3. The number of piperidine rings is 1. The van der Waals surface area contributed by atoms with Crippen LogP contribution < -0.4 is 10.5 Å².